The van der Waals surface area contributed by atoms with E-state index in [9.17, 15) is 18.0 Å². The number of rotatable bonds is 4. The Morgan fingerprint density at radius 1 is 1.21 bits per heavy atom. The Morgan fingerprint density at radius 3 is 2.58 bits per heavy atom. The zero-order chi connectivity index (χ0) is 17.7. The molecule has 0 spiro atoms. The van der Waals surface area contributed by atoms with Gasteiger partial charge < -0.3 is 10.1 Å². The quantitative estimate of drug-likeness (QED) is 0.782. The van der Waals surface area contributed by atoms with Crippen LogP contribution >= 0.6 is 11.6 Å². The molecular formula is C17H13ClF3NO2. The number of halogens is 4. The lowest BCUT2D eigenvalue weighted by Gasteiger charge is -2.13. The average Bonchev–Trinajstić information content (AvgIpc) is 2.54. The number of para-hydroxylation sites is 1. The van der Waals surface area contributed by atoms with Crippen LogP contribution in [-0.2, 0) is 11.0 Å². The van der Waals surface area contributed by atoms with Crippen molar-refractivity contribution in [3.05, 3.63) is 64.7 Å². The Hall–Kier alpha value is -2.47. The SMILES string of the molecule is COc1ccccc1/C=C/C(=O)Nc1ccc(Cl)cc1C(F)(F)F. The van der Waals surface area contributed by atoms with E-state index in [0.717, 1.165) is 18.2 Å². The van der Waals surface area contributed by atoms with Crippen molar-refractivity contribution in [2.45, 2.75) is 6.18 Å². The number of anilines is 1. The van der Waals surface area contributed by atoms with Crippen molar-refractivity contribution in [3.63, 3.8) is 0 Å². The molecule has 0 aliphatic heterocycles. The molecule has 2 aromatic rings. The number of carbonyl (C=O) groups is 1. The first-order chi connectivity index (χ1) is 11.3. The van der Waals surface area contributed by atoms with Gasteiger partial charge in [-0.1, -0.05) is 29.8 Å². The molecule has 3 nitrogen and oxygen atoms in total. The number of benzene rings is 2. The van der Waals surface area contributed by atoms with Gasteiger partial charge in [-0.15, -0.1) is 0 Å². The van der Waals surface area contributed by atoms with Gasteiger partial charge in [0.15, 0.2) is 0 Å². The molecule has 0 unspecified atom stereocenters. The summed E-state index contributed by atoms with van der Waals surface area (Å²) in [6, 6.07) is 10.1. The van der Waals surface area contributed by atoms with Crippen molar-refractivity contribution in [2.75, 3.05) is 12.4 Å². The second-order valence-electron chi connectivity index (χ2n) is 4.75. The Balaban J connectivity index is 2.20. The lowest BCUT2D eigenvalue weighted by atomic mass is 10.1. The van der Waals surface area contributed by atoms with Crippen molar-refractivity contribution >= 4 is 29.3 Å². The van der Waals surface area contributed by atoms with E-state index >= 15 is 0 Å². The van der Waals surface area contributed by atoms with Gasteiger partial charge in [0.25, 0.3) is 0 Å². The van der Waals surface area contributed by atoms with E-state index in [1.807, 2.05) is 0 Å². The third-order valence-electron chi connectivity index (χ3n) is 3.10. The summed E-state index contributed by atoms with van der Waals surface area (Å²) in [7, 11) is 1.48. The minimum absolute atomic E-state index is 0.0649. The lowest BCUT2D eigenvalue weighted by molar-refractivity contribution is -0.136. The van der Waals surface area contributed by atoms with Gasteiger partial charge in [0.05, 0.1) is 18.4 Å². The minimum atomic E-state index is -4.63. The molecular weight excluding hydrogens is 343 g/mol. The maximum atomic E-state index is 13.0. The maximum Gasteiger partial charge on any atom is 0.418 e. The van der Waals surface area contributed by atoms with Crippen LogP contribution in [0, 0.1) is 0 Å². The number of alkyl halides is 3. The minimum Gasteiger partial charge on any atom is -0.496 e. The molecule has 24 heavy (non-hydrogen) atoms. The molecule has 126 valence electrons. The second-order valence-corrected chi connectivity index (χ2v) is 5.19. The average molecular weight is 356 g/mol. The molecule has 1 N–H and O–H groups in total. The summed E-state index contributed by atoms with van der Waals surface area (Å²) < 4.78 is 44.1. The van der Waals surface area contributed by atoms with Crippen LogP contribution in [0.3, 0.4) is 0 Å². The van der Waals surface area contributed by atoms with E-state index in [0.29, 0.717) is 11.3 Å². The number of hydrogen-bond donors (Lipinski definition) is 1. The van der Waals surface area contributed by atoms with Gasteiger partial charge in [-0.2, -0.15) is 13.2 Å². The van der Waals surface area contributed by atoms with E-state index in [1.54, 1.807) is 24.3 Å². The van der Waals surface area contributed by atoms with Crippen molar-refractivity contribution in [3.8, 4) is 5.75 Å². The van der Waals surface area contributed by atoms with Crippen LogP contribution < -0.4 is 10.1 Å². The summed E-state index contributed by atoms with van der Waals surface area (Å²) >= 11 is 5.59. The first-order valence-corrected chi connectivity index (χ1v) is 7.18. The van der Waals surface area contributed by atoms with Crippen molar-refractivity contribution in [2.24, 2.45) is 0 Å². The maximum absolute atomic E-state index is 13.0. The second kappa shape index (κ2) is 7.40. The van der Waals surface area contributed by atoms with Gasteiger partial charge in [-0.3, -0.25) is 4.79 Å². The highest BCUT2D eigenvalue weighted by molar-refractivity contribution is 6.30. The van der Waals surface area contributed by atoms with Crippen LogP contribution in [0.15, 0.2) is 48.5 Å². The van der Waals surface area contributed by atoms with Crippen LogP contribution in [0.4, 0.5) is 18.9 Å². The van der Waals surface area contributed by atoms with Crippen LogP contribution in [0.2, 0.25) is 5.02 Å². The van der Waals surface area contributed by atoms with Crippen molar-refractivity contribution < 1.29 is 22.7 Å². The highest BCUT2D eigenvalue weighted by atomic mass is 35.5. The fourth-order valence-corrected chi connectivity index (χ4v) is 2.18. The largest absolute Gasteiger partial charge is 0.496 e. The van der Waals surface area contributed by atoms with E-state index in [1.165, 1.54) is 19.3 Å². The molecule has 2 rings (SSSR count). The molecule has 0 saturated heterocycles. The normalized spacial score (nSPS) is 11.5. The van der Waals surface area contributed by atoms with Crippen LogP contribution in [0.25, 0.3) is 6.08 Å². The van der Waals surface area contributed by atoms with Gasteiger partial charge in [-0.25, -0.2) is 0 Å². The molecule has 0 aliphatic rings. The van der Waals surface area contributed by atoms with E-state index in [-0.39, 0.29) is 10.7 Å². The van der Waals surface area contributed by atoms with E-state index in [2.05, 4.69) is 5.32 Å². The summed E-state index contributed by atoms with van der Waals surface area (Å²) in [5.41, 5.74) is -0.738. The van der Waals surface area contributed by atoms with E-state index in [4.69, 9.17) is 16.3 Å². The fraction of sp³-hybridized carbons (Fsp3) is 0.118. The number of ether oxygens (including phenoxy) is 1. The van der Waals surface area contributed by atoms with Gasteiger partial charge in [0.2, 0.25) is 5.91 Å². The van der Waals surface area contributed by atoms with Gasteiger partial charge in [-0.05, 0) is 30.3 Å². The summed E-state index contributed by atoms with van der Waals surface area (Å²) in [5, 5.41) is 2.14. The molecule has 0 aromatic heterocycles. The molecule has 0 bridgehead atoms. The molecule has 0 atom stereocenters. The molecule has 0 fully saturated rings. The predicted octanol–water partition coefficient (Wildman–Crippen LogP) is 5.02. The van der Waals surface area contributed by atoms with Crippen molar-refractivity contribution in [1.82, 2.24) is 0 Å². The topological polar surface area (TPSA) is 38.3 Å². The molecule has 2 aromatic carbocycles. The first kappa shape index (κ1) is 17.9. The van der Waals surface area contributed by atoms with Gasteiger partial charge in [0.1, 0.15) is 5.75 Å². The smallest absolute Gasteiger partial charge is 0.418 e. The summed E-state index contributed by atoms with van der Waals surface area (Å²) in [6.07, 6.45) is -2.04. The molecule has 0 aliphatic carbocycles. The molecule has 7 heteroatoms. The van der Waals surface area contributed by atoms with Gasteiger partial charge in [0, 0.05) is 16.7 Å². The van der Waals surface area contributed by atoms with Crippen molar-refractivity contribution in [1.29, 1.82) is 0 Å². The number of methoxy groups -OCH3 is 1. The number of hydrogen-bond acceptors (Lipinski definition) is 2. The zero-order valence-electron chi connectivity index (χ0n) is 12.5. The summed E-state index contributed by atoms with van der Waals surface area (Å²) in [4.78, 5) is 11.9. The Bertz CT molecular complexity index is 773. The molecule has 0 radical (unpaired) electrons. The Morgan fingerprint density at radius 2 is 1.92 bits per heavy atom. The Labute approximate surface area is 141 Å². The third kappa shape index (κ3) is 4.52. The lowest BCUT2D eigenvalue weighted by Crippen LogP contribution is -2.14. The molecule has 0 heterocycles. The summed E-state index contributed by atoms with van der Waals surface area (Å²) in [5.74, 6) is -0.155. The number of amides is 1. The number of carbonyl (C=O) groups excluding carboxylic acids is 1. The first-order valence-electron chi connectivity index (χ1n) is 6.80. The van der Waals surface area contributed by atoms with E-state index < -0.39 is 17.6 Å². The highest BCUT2D eigenvalue weighted by Crippen LogP contribution is 2.36. The van der Waals surface area contributed by atoms with Crippen LogP contribution in [-0.4, -0.2) is 13.0 Å². The highest BCUT2D eigenvalue weighted by Gasteiger charge is 2.34. The van der Waals surface area contributed by atoms with Crippen LogP contribution in [0.1, 0.15) is 11.1 Å². The zero-order valence-corrected chi connectivity index (χ0v) is 13.3. The summed E-state index contributed by atoms with van der Waals surface area (Å²) in [6.45, 7) is 0. The fourth-order valence-electron chi connectivity index (χ4n) is 2.00. The van der Waals surface area contributed by atoms with Gasteiger partial charge >= 0.3 is 6.18 Å². The monoisotopic (exact) mass is 355 g/mol. The Kier molecular flexibility index (Phi) is 5.51. The van der Waals surface area contributed by atoms with Crippen LogP contribution in [0.5, 0.6) is 5.75 Å². The number of nitrogens with one attached hydrogen (secondary N) is 1. The third-order valence-corrected chi connectivity index (χ3v) is 3.33. The standard InChI is InChI=1S/C17H13ClF3NO2/c1-24-15-5-3-2-4-11(15)6-9-16(23)22-14-8-7-12(18)10-13(14)17(19,20)21/h2-10H,1H3,(H,22,23)/b9-6+. The molecule has 0 saturated carbocycles. The predicted molar refractivity (Wildman–Crippen MR) is 87.1 cm³/mol. The molecule has 1 amide bonds.